The van der Waals surface area contributed by atoms with Gasteiger partial charge in [-0.2, -0.15) is 0 Å². The zero-order chi connectivity index (χ0) is 22.0. The van der Waals surface area contributed by atoms with Gasteiger partial charge < -0.3 is 9.47 Å². The second kappa shape index (κ2) is 9.51. The van der Waals surface area contributed by atoms with E-state index in [1.54, 1.807) is 6.08 Å². The smallest absolute Gasteiger partial charge is 0.363 e. The van der Waals surface area contributed by atoms with E-state index >= 15 is 0 Å². The number of carbonyl (C=O) groups is 1. The monoisotopic (exact) mass is 603 g/mol. The average molecular weight is 606 g/mol. The number of carbonyl (C=O) groups excluding carboxylic acids is 1. The molecule has 0 aromatic heterocycles. The van der Waals surface area contributed by atoms with E-state index in [2.05, 4.69) is 71.8 Å². The average Bonchev–Trinajstić information content (AvgIpc) is 3.09. The molecule has 31 heavy (non-hydrogen) atoms. The lowest BCUT2D eigenvalue weighted by Crippen LogP contribution is -2.05. The van der Waals surface area contributed by atoms with Gasteiger partial charge in [0.05, 0.1) is 8.95 Å². The highest BCUT2D eigenvalue weighted by atomic mass is 79.9. The number of hydrogen-bond acceptors (Lipinski definition) is 4. The van der Waals surface area contributed by atoms with E-state index in [0.29, 0.717) is 18.3 Å². The van der Waals surface area contributed by atoms with Gasteiger partial charge in [-0.3, -0.25) is 0 Å². The van der Waals surface area contributed by atoms with E-state index in [9.17, 15) is 4.79 Å². The Balaban J connectivity index is 1.54. The molecule has 0 N–H and O–H groups in total. The van der Waals surface area contributed by atoms with Crippen LogP contribution in [0.1, 0.15) is 22.3 Å². The molecule has 0 fully saturated rings. The van der Waals surface area contributed by atoms with E-state index < -0.39 is 5.97 Å². The summed E-state index contributed by atoms with van der Waals surface area (Å²) in [7, 11) is 0. The molecule has 1 aliphatic heterocycles. The molecule has 1 heterocycles. The number of rotatable bonds is 5. The highest BCUT2D eigenvalue weighted by molar-refractivity contribution is 9.11. The van der Waals surface area contributed by atoms with Gasteiger partial charge >= 0.3 is 5.97 Å². The minimum atomic E-state index is -0.482. The van der Waals surface area contributed by atoms with Crippen LogP contribution in [-0.4, -0.2) is 11.9 Å². The SMILES string of the molecule is Cc1ccc(COc2c(Br)cc(/C=C3\N=C(c4ccc(Br)cc4)OC3=O)cc2Br)cc1. The molecule has 0 saturated heterocycles. The van der Waals surface area contributed by atoms with Crippen LogP contribution in [0.3, 0.4) is 0 Å². The number of benzene rings is 3. The molecule has 4 rings (SSSR count). The number of ether oxygens (including phenoxy) is 2. The molecular formula is C24H16Br3NO3. The minimum absolute atomic E-state index is 0.241. The summed E-state index contributed by atoms with van der Waals surface area (Å²) < 4.78 is 13.8. The van der Waals surface area contributed by atoms with E-state index in [4.69, 9.17) is 9.47 Å². The predicted octanol–water partition coefficient (Wildman–Crippen LogP) is 7.21. The molecule has 0 saturated carbocycles. The number of halogens is 3. The summed E-state index contributed by atoms with van der Waals surface area (Å²) in [5.41, 5.74) is 4.06. The first-order valence-electron chi connectivity index (χ1n) is 9.35. The van der Waals surface area contributed by atoms with E-state index in [0.717, 1.165) is 30.1 Å². The molecule has 0 amide bonds. The summed E-state index contributed by atoms with van der Waals surface area (Å²) in [6.07, 6.45) is 1.69. The summed E-state index contributed by atoms with van der Waals surface area (Å²) in [6.45, 7) is 2.50. The lowest BCUT2D eigenvalue weighted by Gasteiger charge is -2.11. The van der Waals surface area contributed by atoms with Crippen molar-refractivity contribution in [1.82, 2.24) is 0 Å². The molecule has 3 aromatic carbocycles. The highest BCUT2D eigenvalue weighted by Crippen LogP contribution is 2.36. The molecule has 4 nitrogen and oxygen atoms in total. The molecule has 0 atom stereocenters. The van der Waals surface area contributed by atoms with Gasteiger partial charge in [0, 0.05) is 10.0 Å². The summed E-state index contributed by atoms with van der Waals surface area (Å²) in [6, 6.07) is 19.4. The van der Waals surface area contributed by atoms with E-state index in [1.807, 2.05) is 48.5 Å². The Hall–Kier alpha value is -2.22. The van der Waals surface area contributed by atoms with Crippen molar-refractivity contribution in [3.63, 3.8) is 0 Å². The van der Waals surface area contributed by atoms with Gasteiger partial charge in [0.15, 0.2) is 5.70 Å². The molecule has 3 aromatic rings. The lowest BCUT2D eigenvalue weighted by molar-refractivity contribution is -0.129. The summed E-state index contributed by atoms with van der Waals surface area (Å²) in [4.78, 5) is 16.6. The molecule has 156 valence electrons. The van der Waals surface area contributed by atoms with Crippen LogP contribution < -0.4 is 4.74 Å². The van der Waals surface area contributed by atoms with Crippen molar-refractivity contribution in [3.05, 3.63) is 102 Å². The highest BCUT2D eigenvalue weighted by Gasteiger charge is 2.24. The first-order chi connectivity index (χ1) is 14.9. The van der Waals surface area contributed by atoms with Crippen molar-refractivity contribution >= 4 is 65.7 Å². The standard InChI is InChI=1S/C24H16Br3NO3/c1-14-2-4-15(5-3-14)13-30-22-19(26)10-16(11-20(22)27)12-21-24(29)31-23(28-21)17-6-8-18(25)9-7-17/h2-12H,13H2,1H3/b21-12-. The molecule has 1 aliphatic rings. The van der Waals surface area contributed by atoms with Crippen LogP contribution >= 0.6 is 47.8 Å². The maximum absolute atomic E-state index is 12.3. The fourth-order valence-corrected chi connectivity index (χ4v) is 4.64. The molecule has 0 spiro atoms. The zero-order valence-corrected chi connectivity index (χ0v) is 21.1. The Bertz CT molecular complexity index is 1180. The van der Waals surface area contributed by atoms with Gasteiger partial charge in [-0.1, -0.05) is 45.8 Å². The molecule has 0 bridgehead atoms. The van der Waals surface area contributed by atoms with Gasteiger partial charge in [0.25, 0.3) is 0 Å². The van der Waals surface area contributed by atoms with Crippen molar-refractivity contribution in [2.75, 3.05) is 0 Å². The van der Waals surface area contributed by atoms with Gasteiger partial charge in [-0.25, -0.2) is 9.79 Å². The third-order valence-electron chi connectivity index (χ3n) is 4.54. The van der Waals surface area contributed by atoms with Crippen molar-refractivity contribution in [1.29, 1.82) is 0 Å². The number of aliphatic imine (C=N–C) groups is 1. The fourth-order valence-electron chi connectivity index (χ4n) is 2.92. The van der Waals surface area contributed by atoms with Crippen LogP contribution in [0.25, 0.3) is 6.08 Å². The van der Waals surface area contributed by atoms with Crippen LogP contribution in [0, 0.1) is 6.92 Å². The topological polar surface area (TPSA) is 47.9 Å². The Morgan fingerprint density at radius 2 is 1.61 bits per heavy atom. The van der Waals surface area contributed by atoms with Gasteiger partial charge in [0.1, 0.15) is 12.4 Å². The maximum Gasteiger partial charge on any atom is 0.363 e. The van der Waals surface area contributed by atoms with Gasteiger partial charge in [-0.05, 0) is 92.4 Å². The van der Waals surface area contributed by atoms with Crippen LogP contribution in [0.15, 0.2) is 84.8 Å². The van der Waals surface area contributed by atoms with Crippen molar-refractivity contribution < 1.29 is 14.3 Å². The largest absolute Gasteiger partial charge is 0.487 e. The zero-order valence-electron chi connectivity index (χ0n) is 16.4. The van der Waals surface area contributed by atoms with Crippen molar-refractivity contribution in [2.45, 2.75) is 13.5 Å². The molecule has 7 heteroatoms. The normalized spacial score (nSPS) is 14.5. The molecular weight excluding hydrogens is 590 g/mol. The third kappa shape index (κ3) is 5.34. The summed E-state index contributed by atoms with van der Waals surface area (Å²) in [5.74, 6) is 0.501. The number of nitrogens with zero attached hydrogens (tertiary/aromatic N) is 1. The van der Waals surface area contributed by atoms with E-state index in [-0.39, 0.29) is 5.70 Å². The number of hydrogen-bond donors (Lipinski definition) is 0. The first-order valence-corrected chi connectivity index (χ1v) is 11.7. The molecule has 0 aliphatic carbocycles. The molecule has 0 radical (unpaired) electrons. The first kappa shape index (κ1) is 22.0. The van der Waals surface area contributed by atoms with Crippen LogP contribution in [0.5, 0.6) is 5.75 Å². The summed E-state index contributed by atoms with van der Waals surface area (Å²) >= 11 is 10.5. The Morgan fingerprint density at radius 3 is 2.26 bits per heavy atom. The van der Waals surface area contributed by atoms with E-state index in [1.165, 1.54) is 5.56 Å². The predicted molar refractivity (Wildman–Crippen MR) is 132 cm³/mol. The second-order valence-electron chi connectivity index (χ2n) is 6.93. The maximum atomic E-state index is 12.3. The number of cyclic esters (lactones) is 1. The lowest BCUT2D eigenvalue weighted by atomic mass is 10.1. The quantitative estimate of drug-likeness (QED) is 0.228. The third-order valence-corrected chi connectivity index (χ3v) is 6.25. The van der Waals surface area contributed by atoms with Crippen LogP contribution in [-0.2, 0) is 16.1 Å². The van der Waals surface area contributed by atoms with Crippen LogP contribution in [0.4, 0.5) is 0 Å². The van der Waals surface area contributed by atoms with Gasteiger partial charge in [0.2, 0.25) is 5.90 Å². The number of aryl methyl sites for hydroxylation is 1. The second-order valence-corrected chi connectivity index (χ2v) is 9.56. The Morgan fingerprint density at radius 1 is 0.968 bits per heavy atom. The van der Waals surface area contributed by atoms with Gasteiger partial charge in [-0.15, -0.1) is 0 Å². The van der Waals surface area contributed by atoms with Crippen molar-refractivity contribution in [2.24, 2.45) is 4.99 Å². The van der Waals surface area contributed by atoms with Crippen LogP contribution in [0.2, 0.25) is 0 Å². The van der Waals surface area contributed by atoms with Crippen molar-refractivity contribution in [3.8, 4) is 5.75 Å². The number of esters is 1. The fraction of sp³-hybridized carbons (Fsp3) is 0.0833. The Kier molecular flexibility index (Phi) is 6.74. The molecule has 0 unspecified atom stereocenters. The minimum Gasteiger partial charge on any atom is -0.487 e. The Labute approximate surface area is 205 Å². The summed E-state index contributed by atoms with van der Waals surface area (Å²) in [5, 5.41) is 0.